The third-order valence-corrected chi connectivity index (χ3v) is 41.9. The van der Waals surface area contributed by atoms with Crippen molar-refractivity contribution in [2.24, 2.45) is 0 Å². The van der Waals surface area contributed by atoms with Crippen LogP contribution in [0.25, 0.3) is 21.5 Å². The lowest BCUT2D eigenvalue weighted by molar-refractivity contribution is 0.482. The van der Waals surface area contributed by atoms with Gasteiger partial charge >= 0.3 is 0 Å². The van der Waals surface area contributed by atoms with Gasteiger partial charge in [-0.2, -0.15) is 0 Å². The van der Waals surface area contributed by atoms with E-state index in [-0.39, 0.29) is 0 Å². The van der Waals surface area contributed by atoms with Crippen LogP contribution in [0, 0.1) is 0 Å². The molecule has 12 aliphatic heterocycles. The largest absolute Gasteiger partial charge is 0.456 e. The van der Waals surface area contributed by atoms with Gasteiger partial charge in [-0.1, -0.05) is 194 Å². The van der Waals surface area contributed by atoms with Crippen molar-refractivity contribution in [3.63, 3.8) is 0 Å². The smallest absolute Gasteiger partial charge is 0.186 e. The van der Waals surface area contributed by atoms with Crippen molar-refractivity contribution >= 4 is 250 Å². The number of para-hydroxylation sites is 8. The molecule has 32 rings (SSSR count). The molecule has 20 aromatic carbocycles. The van der Waals surface area contributed by atoms with E-state index in [0.717, 1.165) is 179 Å². The van der Waals surface area contributed by atoms with Crippen molar-refractivity contribution in [2.45, 2.75) is 0 Å². The van der Waals surface area contributed by atoms with Gasteiger partial charge in [-0.3, -0.25) is 0 Å². The van der Waals surface area contributed by atoms with Gasteiger partial charge in [0.2, 0.25) is 0 Å². The maximum absolute atomic E-state index is 17.3. The summed E-state index contributed by atoms with van der Waals surface area (Å²) in [6.07, 6.45) is 0. The first kappa shape index (κ1) is 75.0. The quantitative estimate of drug-likeness (QED) is 0.134. The van der Waals surface area contributed by atoms with E-state index < -0.39 is 28.6 Å². The Kier molecular flexibility index (Phi) is 14.7. The van der Waals surface area contributed by atoms with Gasteiger partial charge in [0.15, 0.2) is 28.6 Å². The first-order chi connectivity index (χ1) is 67.1. The van der Waals surface area contributed by atoms with Crippen LogP contribution in [0.4, 0.5) is 136 Å². The highest BCUT2D eigenvalue weighted by atomic mass is 31.2. The minimum atomic E-state index is -3.71. The highest BCUT2D eigenvalue weighted by molar-refractivity contribution is 7.89. The van der Waals surface area contributed by atoms with Crippen molar-refractivity contribution in [1.29, 1.82) is 0 Å². The second-order valence-electron chi connectivity index (χ2n) is 35.8. The number of nitrogens with zero attached hydrogens (tertiary/aromatic N) is 8. The Morgan fingerprint density at radius 2 is 0.338 bits per heavy atom. The standard InChI is InChI=1S/2C58H34N4O4P2/c63-67-53-41-25-13-27-43(53)61(37-21-9-3-10-22-37)51-39-34-50-58-52(40(39)33-49(57(51)67)65-47-31-15-29-45(55(47)67)59(41)35-17-5-1-6-18-35)62(38-23-11-4-12-24-38)44-28-14-26-42-54(44)68(58,64)56-46(30-16-32-48(56)66-50)60(42)36-19-7-2-8-20-36;63-67-53-41-25-13-27-43(53)61(37-21-9-3-10-22-37)47-33-39-40(52(57(47)67)66-49-32-16-30-46(56(49)67)59(41)35-17-5-1-6-18-35)34-50-58-51(39)62(38-23-11-4-12-24-38)44-28-14-26-42-54(44)68(58,64)55-45(29-15-31-48(55)65-50)60(42)36-19-7-2-8-20-36/h2*1-34H. The first-order valence-corrected chi connectivity index (χ1v) is 52.3. The summed E-state index contributed by atoms with van der Waals surface area (Å²) >= 11 is 0. The van der Waals surface area contributed by atoms with Gasteiger partial charge in [0.05, 0.1) is 155 Å². The molecule has 0 saturated carbocycles. The topological polar surface area (TPSA) is 131 Å². The average molecular weight is 1830 g/mol. The SMILES string of the molecule is O=P12c3c4cccc3N(c3ccccc3)c3cccc(c31)N(c1ccccc1)c1c2c(cc2c3c5c(cc12)Oc1cccc2c1P5(=O)c1c(cccc1N3c1ccccc1)N2c1ccccc1)O4.O=P12c3c4cccc3N(c3ccccc3)c3cccc(c31)N(c1ccccc1)c1cc3c5c6c(cc3c(c12)O4)Oc1cccc2c1P6(=O)c1c(cccc1N5c1ccccc1)N2c1ccccc1. The van der Waals surface area contributed by atoms with E-state index in [0.29, 0.717) is 88.4 Å². The normalized spacial score (nSPS) is 18.6. The Morgan fingerprint density at radius 3 is 0.596 bits per heavy atom. The fraction of sp³-hybridized carbons (Fsp3) is 0. The zero-order chi connectivity index (χ0) is 89.2. The van der Waals surface area contributed by atoms with E-state index in [2.05, 4.69) is 252 Å². The van der Waals surface area contributed by atoms with Crippen molar-refractivity contribution in [3.05, 3.63) is 413 Å². The zero-order valence-electron chi connectivity index (χ0n) is 71.9. The molecule has 20 aromatic rings. The van der Waals surface area contributed by atoms with Crippen LogP contribution < -0.4 is 122 Å². The van der Waals surface area contributed by atoms with Gasteiger partial charge < -0.3 is 76.4 Å². The molecule has 0 aromatic heterocycles. The van der Waals surface area contributed by atoms with Crippen LogP contribution in [0.1, 0.15) is 0 Å². The van der Waals surface area contributed by atoms with E-state index >= 15 is 18.3 Å². The highest BCUT2D eigenvalue weighted by Gasteiger charge is 2.62. The Hall–Kier alpha value is -16.6. The summed E-state index contributed by atoms with van der Waals surface area (Å²) in [5, 5.41) is 11.5. The second-order valence-corrected chi connectivity index (χ2v) is 46.0. The summed E-state index contributed by atoms with van der Waals surface area (Å²) in [6.45, 7) is 0. The van der Waals surface area contributed by atoms with Gasteiger partial charge in [0.1, 0.15) is 46.0 Å². The minimum absolute atomic E-state index is 0.489. The molecule has 136 heavy (non-hydrogen) atoms. The molecular weight excluding hydrogens is 1760 g/mol. The van der Waals surface area contributed by atoms with Crippen LogP contribution in [0.5, 0.6) is 46.0 Å². The number of benzene rings is 20. The van der Waals surface area contributed by atoms with Gasteiger partial charge in [-0.25, -0.2) is 0 Å². The van der Waals surface area contributed by atoms with Gasteiger partial charge in [-0.05, 0) is 218 Å². The third-order valence-electron chi connectivity index (χ3n) is 29.0. The summed E-state index contributed by atoms with van der Waals surface area (Å²) < 4.78 is 98.3. The van der Waals surface area contributed by atoms with E-state index in [4.69, 9.17) is 18.9 Å². The summed E-state index contributed by atoms with van der Waals surface area (Å²) in [7, 11) is -14.8. The molecule has 0 N–H and O–H groups in total. The summed E-state index contributed by atoms with van der Waals surface area (Å²) in [6, 6.07) is 140. The van der Waals surface area contributed by atoms with Crippen molar-refractivity contribution in [1.82, 2.24) is 0 Å². The van der Waals surface area contributed by atoms with Crippen LogP contribution in [0.2, 0.25) is 0 Å². The third kappa shape index (κ3) is 9.23. The van der Waals surface area contributed by atoms with Crippen LogP contribution in [-0.2, 0) is 18.3 Å². The predicted octanol–water partition coefficient (Wildman–Crippen LogP) is 26.9. The van der Waals surface area contributed by atoms with Crippen LogP contribution in [0.15, 0.2) is 413 Å². The summed E-state index contributed by atoms with van der Waals surface area (Å²) in [5.41, 5.74) is 20.5. The average Bonchev–Trinajstić information content (AvgIpc) is 0.653. The van der Waals surface area contributed by atoms with Crippen LogP contribution in [-0.4, -0.2) is 0 Å². The van der Waals surface area contributed by atoms with Crippen LogP contribution in [0.3, 0.4) is 0 Å². The number of fused-ring (bicyclic) bond motifs is 6. The molecule has 0 bridgehead atoms. The molecule has 20 heteroatoms. The van der Waals surface area contributed by atoms with Gasteiger partial charge in [0.25, 0.3) is 0 Å². The van der Waals surface area contributed by atoms with Gasteiger partial charge in [-0.15, -0.1) is 0 Å². The van der Waals surface area contributed by atoms with Crippen LogP contribution >= 0.6 is 28.6 Å². The molecule has 16 nitrogen and oxygen atoms in total. The summed E-state index contributed by atoms with van der Waals surface area (Å²) in [4.78, 5) is 17.9. The highest BCUT2D eigenvalue weighted by Crippen LogP contribution is 2.75. The first-order valence-electron chi connectivity index (χ1n) is 45.5. The number of hydrogen-bond acceptors (Lipinski definition) is 16. The fourth-order valence-electron chi connectivity index (χ4n) is 24.1. The van der Waals surface area contributed by atoms with E-state index in [1.54, 1.807) is 0 Å². The second kappa shape index (κ2) is 26.7. The molecule has 0 aliphatic carbocycles. The Labute approximate surface area is 779 Å². The molecule has 0 fully saturated rings. The number of rotatable bonds is 8. The molecule has 4 unspecified atom stereocenters. The predicted molar refractivity (Wildman–Crippen MR) is 552 cm³/mol. The van der Waals surface area contributed by atoms with E-state index in [9.17, 15) is 0 Å². The monoisotopic (exact) mass is 1820 g/mol. The van der Waals surface area contributed by atoms with Gasteiger partial charge in [0, 0.05) is 67.0 Å². The lowest BCUT2D eigenvalue weighted by Gasteiger charge is -2.48. The Bertz CT molecular complexity index is 8410. The van der Waals surface area contributed by atoms with E-state index in [1.807, 2.05) is 200 Å². The minimum Gasteiger partial charge on any atom is -0.456 e. The van der Waals surface area contributed by atoms with Crippen molar-refractivity contribution < 1.29 is 37.2 Å². The van der Waals surface area contributed by atoms with Crippen molar-refractivity contribution in [3.8, 4) is 46.0 Å². The maximum Gasteiger partial charge on any atom is 0.186 e. The molecule has 0 radical (unpaired) electrons. The molecular formula is C116H68N8O8P4. The molecule has 4 atom stereocenters. The maximum atomic E-state index is 17.3. The molecule has 0 amide bonds. The molecule has 640 valence electrons. The zero-order valence-corrected chi connectivity index (χ0v) is 75.5. The lowest BCUT2D eigenvalue weighted by atomic mass is 10.00. The van der Waals surface area contributed by atoms with Crippen molar-refractivity contribution in [2.75, 3.05) is 39.2 Å². The lowest BCUT2D eigenvalue weighted by Crippen LogP contribution is -2.46. The number of ether oxygens (including phenoxy) is 4. The molecule has 12 aliphatic rings. The molecule has 0 spiro atoms. The molecule has 12 heterocycles. The Balaban J connectivity index is 0.000000127. The molecule has 0 saturated heterocycles. The summed E-state index contributed by atoms with van der Waals surface area (Å²) in [5.74, 6) is 4.23. The number of anilines is 24. The number of hydrogen-bond donors (Lipinski definition) is 0. The Morgan fingerprint density at radius 1 is 0.147 bits per heavy atom. The fourth-order valence-corrected chi connectivity index (χ4v) is 38.2. The van der Waals surface area contributed by atoms with E-state index in [1.165, 1.54) is 0 Å².